The SMILES string of the molecule is COc1ccc2c(c1)C(N)C(SC1CCCC1)C2. The third kappa shape index (κ3) is 2.26. The molecule has 2 aliphatic rings. The van der Waals surface area contributed by atoms with Crippen molar-refractivity contribution in [1.29, 1.82) is 0 Å². The van der Waals surface area contributed by atoms with Gasteiger partial charge in [0.1, 0.15) is 5.75 Å². The molecule has 0 bridgehead atoms. The first-order valence-corrected chi connectivity index (χ1v) is 7.80. The number of hydrogen-bond acceptors (Lipinski definition) is 3. The normalized spacial score (nSPS) is 27.4. The molecule has 1 aromatic rings. The Morgan fingerprint density at radius 2 is 2.06 bits per heavy atom. The molecule has 0 radical (unpaired) electrons. The average Bonchev–Trinajstić information content (AvgIpc) is 2.99. The summed E-state index contributed by atoms with van der Waals surface area (Å²) in [5.41, 5.74) is 9.13. The number of nitrogens with two attached hydrogens (primary N) is 1. The van der Waals surface area contributed by atoms with Crippen molar-refractivity contribution >= 4 is 11.8 Å². The molecule has 3 rings (SSSR count). The molecule has 0 saturated heterocycles. The zero-order valence-corrected chi connectivity index (χ0v) is 11.7. The van der Waals surface area contributed by atoms with Gasteiger partial charge in [-0.05, 0) is 42.5 Å². The first-order chi connectivity index (χ1) is 8.78. The number of benzene rings is 1. The largest absolute Gasteiger partial charge is 0.497 e. The molecule has 0 amide bonds. The van der Waals surface area contributed by atoms with Gasteiger partial charge in [0.2, 0.25) is 0 Å². The Morgan fingerprint density at radius 1 is 1.28 bits per heavy atom. The first-order valence-electron chi connectivity index (χ1n) is 6.86. The van der Waals surface area contributed by atoms with Gasteiger partial charge >= 0.3 is 0 Å². The van der Waals surface area contributed by atoms with E-state index in [4.69, 9.17) is 10.5 Å². The predicted octanol–water partition coefficient (Wildman–Crippen LogP) is 3.30. The van der Waals surface area contributed by atoms with Crippen LogP contribution in [0, 0.1) is 0 Å². The van der Waals surface area contributed by atoms with Crippen LogP contribution >= 0.6 is 11.8 Å². The average molecular weight is 263 g/mol. The number of methoxy groups -OCH3 is 1. The minimum Gasteiger partial charge on any atom is -0.497 e. The van der Waals surface area contributed by atoms with Crippen LogP contribution in [0.1, 0.15) is 42.9 Å². The van der Waals surface area contributed by atoms with Gasteiger partial charge in [0.25, 0.3) is 0 Å². The smallest absolute Gasteiger partial charge is 0.119 e. The van der Waals surface area contributed by atoms with E-state index in [1.165, 1.54) is 36.8 Å². The zero-order chi connectivity index (χ0) is 12.5. The molecule has 1 saturated carbocycles. The molecule has 1 fully saturated rings. The van der Waals surface area contributed by atoms with Crippen LogP contribution in [0.25, 0.3) is 0 Å². The van der Waals surface area contributed by atoms with Crippen molar-refractivity contribution in [2.45, 2.75) is 48.6 Å². The Bertz CT molecular complexity index is 429. The Morgan fingerprint density at radius 3 is 2.78 bits per heavy atom. The van der Waals surface area contributed by atoms with E-state index in [0.29, 0.717) is 5.25 Å². The Kier molecular flexibility index (Phi) is 3.53. The van der Waals surface area contributed by atoms with Crippen molar-refractivity contribution in [2.75, 3.05) is 7.11 Å². The van der Waals surface area contributed by atoms with Crippen LogP contribution in [0.2, 0.25) is 0 Å². The zero-order valence-electron chi connectivity index (χ0n) is 10.9. The molecule has 0 heterocycles. The summed E-state index contributed by atoms with van der Waals surface area (Å²) in [7, 11) is 1.72. The molecule has 2 aliphatic carbocycles. The van der Waals surface area contributed by atoms with Gasteiger partial charge in [-0.3, -0.25) is 0 Å². The molecule has 3 heteroatoms. The van der Waals surface area contributed by atoms with Crippen LogP contribution in [0.3, 0.4) is 0 Å². The molecule has 2 unspecified atom stereocenters. The highest BCUT2D eigenvalue weighted by molar-refractivity contribution is 8.00. The Labute approximate surface area is 113 Å². The van der Waals surface area contributed by atoms with Crippen molar-refractivity contribution < 1.29 is 4.74 Å². The summed E-state index contributed by atoms with van der Waals surface area (Å²) in [6.45, 7) is 0. The highest BCUT2D eigenvalue weighted by Crippen LogP contribution is 2.43. The maximum absolute atomic E-state index is 6.42. The summed E-state index contributed by atoms with van der Waals surface area (Å²) in [6, 6.07) is 6.53. The van der Waals surface area contributed by atoms with Crippen molar-refractivity contribution in [3.63, 3.8) is 0 Å². The lowest BCUT2D eigenvalue weighted by Crippen LogP contribution is -2.21. The monoisotopic (exact) mass is 263 g/mol. The molecular weight excluding hydrogens is 242 g/mol. The summed E-state index contributed by atoms with van der Waals surface area (Å²) in [5, 5.41) is 1.41. The topological polar surface area (TPSA) is 35.2 Å². The molecule has 2 atom stereocenters. The van der Waals surface area contributed by atoms with Crippen molar-refractivity contribution in [2.24, 2.45) is 5.73 Å². The summed E-state index contributed by atoms with van der Waals surface area (Å²) in [5.74, 6) is 0.927. The van der Waals surface area contributed by atoms with Crippen molar-refractivity contribution in [3.05, 3.63) is 29.3 Å². The van der Waals surface area contributed by atoms with Crippen molar-refractivity contribution in [3.8, 4) is 5.75 Å². The van der Waals surface area contributed by atoms with E-state index in [9.17, 15) is 0 Å². The Hall–Kier alpha value is -0.670. The molecule has 0 aromatic heterocycles. The van der Waals surface area contributed by atoms with Crippen molar-refractivity contribution in [1.82, 2.24) is 0 Å². The molecule has 1 aromatic carbocycles. The molecule has 2 N–H and O–H groups in total. The minimum atomic E-state index is 0.181. The Balaban J connectivity index is 1.73. The summed E-state index contributed by atoms with van der Waals surface area (Å²) in [6.07, 6.45) is 6.70. The summed E-state index contributed by atoms with van der Waals surface area (Å²) >= 11 is 2.13. The van der Waals surface area contributed by atoms with Crippen LogP contribution in [0.4, 0.5) is 0 Å². The lowest BCUT2D eigenvalue weighted by molar-refractivity contribution is 0.414. The highest BCUT2D eigenvalue weighted by Gasteiger charge is 2.33. The fraction of sp³-hybridized carbons (Fsp3) is 0.600. The van der Waals surface area contributed by atoms with Crippen LogP contribution in [0.15, 0.2) is 18.2 Å². The van der Waals surface area contributed by atoms with E-state index in [1.807, 2.05) is 6.07 Å². The first kappa shape index (κ1) is 12.4. The lowest BCUT2D eigenvalue weighted by Gasteiger charge is -2.19. The van der Waals surface area contributed by atoms with E-state index in [0.717, 1.165) is 17.4 Å². The molecule has 18 heavy (non-hydrogen) atoms. The van der Waals surface area contributed by atoms with E-state index in [2.05, 4.69) is 23.9 Å². The van der Waals surface area contributed by atoms with Gasteiger partial charge < -0.3 is 10.5 Å². The van der Waals surface area contributed by atoms with Gasteiger partial charge in [-0.15, -0.1) is 0 Å². The van der Waals surface area contributed by atoms with Gasteiger partial charge in [-0.2, -0.15) is 11.8 Å². The molecule has 0 spiro atoms. The van der Waals surface area contributed by atoms with E-state index >= 15 is 0 Å². The van der Waals surface area contributed by atoms with Gasteiger partial charge in [0, 0.05) is 16.5 Å². The predicted molar refractivity (Wildman–Crippen MR) is 77.3 cm³/mol. The molecule has 98 valence electrons. The van der Waals surface area contributed by atoms with E-state index in [1.54, 1.807) is 7.11 Å². The van der Waals surface area contributed by atoms with Gasteiger partial charge in [-0.25, -0.2) is 0 Å². The van der Waals surface area contributed by atoms with E-state index in [-0.39, 0.29) is 6.04 Å². The number of rotatable bonds is 3. The summed E-state index contributed by atoms with van der Waals surface area (Å²) in [4.78, 5) is 0. The van der Waals surface area contributed by atoms with Crippen LogP contribution in [0.5, 0.6) is 5.75 Å². The van der Waals surface area contributed by atoms with Crippen LogP contribution in [-0.4, -0.2) is 17.6 Å². The maximum Gasteiger partial charge on any atom is 0.119 e. The third-order valence-corrected chi connectivity index (χ3v) is 5.87. The quantitative estimate of drug-likeness (QED) is 0.909. The second-order valence-electron chi connectivity index (χ2n) is 5.38. The number of hydrogen-bond donors (Lipinski definition) is 1. The molecular formula is C15H21NOS. The van der Waals surface area contributed by atoms with Gasteiger partial charge in [-0.1, -0.05) is 18.9 Å². The summed E-state index contributed by atoms with van der Waals surface area (Å²) < 4.78 is 5.29. The second kappa shape index (κ2) is 5.14. The second-order valence-corrected chi connectivity index (χ2v) is 6.92. The fourth-order valence-electron chi connectivity index (χ4n) is 3.14. The maximum atomic E-state index is 6.42. The van der Waals surface area contributed by atoms with E-state index < -0.39 is 0 Å². The third-order valence-electron chi connectivity index (χ3n) is 4.20. The van der Waals surface area contributed by atoms with Crippen LogP contribution in [-0.2, 0) is 6.42 Å². The molecule has 0 aliphatic heterocycles. The highest BCUT2D eigenvalue weighted by atomic mass is 32.2. The number of thioether (sulfide) groups is 1. The number of ether oxygens (including phenoxy) is 1. The fourth-order valence-corrected chi connectivity index (χ4v) is 4.84. The minimum absolute atomic E-state index is 0.181. The lowest BCUT2D eigenvalue weighted by atomic mass is 10.1. The molecule has 2 nitrogen and oxygen atoms in total. The van der Waals surface area contributed by atoms with Gasteiger partial charge in [0.05, 0.1) is 7.11 Å². The standard InChI is InChI=1S/C15H21NOS/c1-17-11-7-6-10-8-14(15(16)13(10)9-11)18-12-4-2-3-5-12/h6-7,9,12,14-15H,2-5,8,16H2,1H3. The van der Waals surface area contributed by atoms with Crippen LogP contribution < -0.4 is 10.5 Å². The number of fused-ring (bicyclic) bond motifs is 1. The van der Waals surface area contributed by atoms with Gasteiger partial charge in [0.15, 0.2) is 0 Å².